The molecule has 0 aromatic heterocycles. The monoisotopic (exact) mass is 276 g/mol. The predicted octanol–water partition coefficient (Wildman–Crippen LogP) is 2.41. The van der Waals surface area contributed by atoms with E-state index in [0.717, 1.165) is 43.8 Å². The van der Waals surface area contributed by atoms with Crippen LogP contribution in [0.15, 0.2) is 0 Å². The van der Waals surface area contributed by atoms with Crippen molar-refractivity contribution in [3.05, 3.63) is 0 Å². The number of nitrogens with one attached hydrogen (secondary N) is 1. The summed E-state index contributed by atoms with van der Waals surface area (Å²) in [5.74, 6) is 3.31. The van der Waals surface area contributed by atoms with Gasteiger partial charge in [0.1, 0.15) is 0 Å². The Morgan fingerprint density at radius 3 is 2.30 bits per heavy atom. The molecule has 0 radical (unpaired) electrons. The van der Waals surface area contributed by atoms with Gasteiger partial charge in [0.05, 0.1) is 0 Å². The van der Waals surface area contributed by atoms with Crippen molar-refractivity contribution in [2.24, 2.45) is 23.2 Å². The van der Waals surface area contributed by atoms with E-state index in [1.54, 1.807) is 0 Å². The Balaban J connectivity index is 1.47. The molecule has 1 amide bonds. The standard InChI is InChI=1S/C17H28N2O/c1-12-11-18-2-3-19(12)16(20)10-17-7-13-4-14(8-17)6-15(5-13)9-17/h12-15,18H,2-11H2,1H3/t12-,13?,14?,15?,17?/m0/s1. The molecule has 112 valence electrons. The molecule has 3 heteroatoms. The Morgan fingerprint density at radius 2 is 1.75 bits per heavy atom. The van der Waals surface area contributed by atoms with Gasteiger partial charge in [-0.1, -0.05) is 0 Å². The molecular weight excluding hydrogens is 248 g/mol. The number of hydrogen-bond donors (Lipinski definition) is 1. The minimum absolute atomic E-state index is 0.380. The summed E-state index contributed by atoms with van der Waals surface area (Å²) in [6, 6.07) is 0.380. The summed E-state index contributed by atoms with van der Waals surface area (Å²) < 4.78 is 0. The Morgan fingerprint density at radius 1 is 1.15 bits per heavy atom. The van der Waals surface area contributed by atoms with Gasteiger partial charge in [0.15, 0.2) is 0 Å². The smallest absolute Gasteiger partial charge is 0.223 e. The second-order valence-electron chi connectivity index (χ2n) is 8.23. The molecule has 3 nitrogen and oxygen atoms in total. The van der Waals surface area contributed by atoms with Crippen LogP contribution >= 0.6 is 0 Å². The van der Waals surface area contributed by atoms with Crippen LogP contribution in [0, 0.1) is 23.2 Å². The van der Waals surface area contributed by atoms with E-state index in [1.165, 1.54) is 38.5 Å². The zero-order chi connectivity index (χ0) is 13.7. The van der Waals surface area contributed by atoms with Crippen molar-refractivity contribution in [1.29, 1.82) is 0 Å². The van der Waals surface area contributed by atoms with E-state index in [-0.39, 0.29) is 0 Å². The number of carbonyl (C=O) groups excluding carboxylic acids is 1. The maximum absolute atomic E-state index is 12.8. The zero-order valence-electron chi connectivity index (χ0n) is 12.7. The van der Waals surface area contributed by atoms with Crippen LogP contribution in [0.4, 0.5) is 0 Å². The van der Waals surface area contributed by atoms with Crippen molar-refractivity contribution in [3.8, 4) is 0 Å². The molecule has 20 heavy (non-hydrogen) atoms. The molecule has 4 aliphatic carbocycles. The summed E-state index contributed by atoms with van der Waals surface area (Å²) in [4.78, 5) is 14.9. The van der Waals surface area contributed by atoms with Gasteiger partial charge in [-0.05, 0) is 68.6 Å². The lowest BCUT2D eigenvalue weighted by Gasteiger charge is -2.57. The van der Waals surface area contributed by atoms with Crippen molar-refractivity contribution in [3.63, 3.8) is 0 Å². The molecule has 1 heterocycles. The number of rotatable bonds is 2. The van der Waals surface area contributed by atoms with E-state index in [2.05, 4.69) is 17.1 Å². The lowest BCUT2D eigenvalue weighted by atomic mass is 9.49. The summed E-state index contributed by atoms with van der Waals surface area (Å²) in [6.45, 7) is 5.03. The van der Waals surface area contributed by atoms with Crippen LogP contribution in [-0.4, -0.2) is 36.5 Å². The fraction of sp³-hybridized carbons (Fsp3) is 0.941. The zero-order valence-corrected chi connectivity index (χ0v) is 12.7. The van der Waals surface area contributed by atoms with Crippen molar-refractivity contribution in [1.82, 2.24) is 10.2 Å². The molecule has 1 atom stereocenters. The third-order valence-electron chi connectivity index (χ3n) is 6.51. The molecule has 0 aromatic carbocycles. The van der Waals surface area contributed by atoms with Gasteiger partial charge in [-0.2, -0.15) is 0 Å². The molecule has 5 rings (SSSR count). The second kappa shape index (κ2) is 4.72. The average Bonchev–Trinajstić information content (AvgIpc) is 2.36. The number of hydrogen-bond acceptors (Lipinski definition) is 2. The van der Waals surface area contributed by atoms with Crippen LogP contribution in [0.1, 0.15) is 51.9 Å². The highest BCUT2D eigenvalue weighted by Gasteiger charge is 2.51. The highest BCUT2D eigenvalue weighted by atomic mass is 16.2. The van der Waals surface area contributed by atoms with Crippen molar-refractivity contribution >= 4 is 5.91 Å². The first-order chi connectivity index (χ1) is 9.63. The minimum atomic E-state index is 0.380. The van der Waals surface area contributed by atoms with Gasteiger partial charge in [-0.3, -0.25) is 4.79 Å². The molecular formula is C17H28N2O. The van der Waals surface area contributed by atoms with Crippen LogP contribution in [0.3, 0.4) is 0 Å². The van der Waals surface area contributed by atoms with E-state index in [0.29, 0.717) is 17.4 Å². The molecule has 1 N–H and O–H groups in total. The van der Waals surface area contributed by atoms with Gasteiger partial charge in [0.2, 0.25) is 5.91 Å². The highest BCUT2D eigenvalue weighted by Crippen LogP contribution is 2.61. The van der Waals surface area contributed by atoms with Gasteiger partial charge in [-0.25, -0.2) is 0 Å². The van der Waals surface area contributed by atoms with E-state index in [9.17, 15) is 4.79 Å². The van der Waals surface area contributed by atoms with Gasteiger partial charge in [0.25, 0.3) is 0 Å². The third kappa shape index (κ3) is 2.18. The van der Waals surface area contributed by atoms with E-state index < -0.39 is 0 Å². The number of nitrogens with zero attached hydrogens (tertiary/aromatic N) is 1. The molecule has 0 spiro atoms. The molecule has 5 fully saturated rings. The molecule has 4 saturated carbocycles. The summed E-state index contributed by atoms with van der Waals surface area (Å²) in [7, 11) is 0. The van der Waals surface area contributed by atoms with Crippen molar-refractivity contribution < 1.29 is 4.79 Å². The highest BCUT2D eigenvalue weighted by molar-refractivity contribution is 5.77. The first-order valence-corrected chi connectivity index (χ1v) is 8.64. The largest absolute Gasteiger partial charge is 0.337 e. The summed E-state index contributed by atoms with van der Waals surface area (Å²) in [5.41, 5.74) is 0.399. The minimum Gasteiger partial charge on any atom is -0.337 e. The van der Waals surface area contributed by atoms with E-state index in [1.807, 2.05) is 0 Å². The Bertz CT molecular complexity index is 371. The molecule has 4 bridgehead atoms. The van der Waals surface area contributed by atoms with E-state index in [4.69, 9.17) is 0 Å². The molecule has 0 aromatic rings. The van der Waals surface area contributed by atoms with Gasteiger partial charge in [-0.15, -0.1) is 0 Å². The number of amides is 1. The van der Waals surface area contributed by atoms with Crippen molar-refractivity contribution in [2.75, 3.05) is 19.6 Å². The van der Waals surface area contributed by atoms with Gasteiger partial charge < -0.3 is 10.2 Å². The fourth-order valence-corrected chi connectivity index (χ4v) is 6.14. The maximum atomic E-state index is 12.8. The second-order valence-corrected chi connectivity index (χ2v) is 8.23. The molecule has 5 aliphatic rings. The van der Waals surface area contributed by atoms with Crippen molar-refractivity contribution in [2.45, 2.75) is 57.9 Å². The summed E-state index contributed by atoms with van der Waals surface area (Å²) >= 11 is 0. The topological polar surface area (TPSA) is 32.3 Å². The lowest BCUT2D eigenvalue weighted by molar-refractivity contribution is -0.142. The predicted molar refractivity (Wildman–Crippen MR) is 79.3 cm³/mol. The first kappa shape index (κ1) is 13.1. The Hall–Kier alpha value is -0.570. The van der Waals surface area contributed by atoms with Crippen LogP contribution in [0.2, 0.25) is 0 Å². The summed E-state index contributed by atoms with van der Waals surface area (Å²) in [6.07, 6.45) is 9.31. The Kier molecular flexibility index (Phi) is 3.10. The SMILES string of the molecule is C[C@H]1CNCCN1C(=O)CC12CC3CC(CC(C3)C1)C2. The molecule has 0 unspecified atom stereocenters. The van der Waals surface area contributed by atoms with Crippen LogP contribution in [0.25, 0.3) is 0 Å². The fourth-order valence-electron chi connectivity index (χ4n) is 6.14. The Labute approximate surface area is 122 Å². The number of piperazine rings is 1. The normalized spacial score (nSPS) is 46.8. The average molecular weight is 276 g/mol. The summed E-state index contributed by atoms with van der Waals surface area (Å²) in [5, 5.41) is 3.38. The van der Waals surface area contributed by atoms with Gasteiger partial charge >= 0.3 is 0 Å². The number of carbonyl (C=O) groups is 1. The van der Waals surface area contributed by atoms with Gasteiger partial charge in [0, 0.05) is 32.1 Å². The quantitative estimate of drug-likeness (QED) is 0.840. The first-order valence-electron chi connectivity index (χ1n) is 8.64. The molecule has 1 saturated heterocycles. The van der Waals surface area contributed by atoms with E-state index >= 15 is 0 Å². The lowest BCUT2D eigenvalue weighted by Crippen LogP contribution is -2.54. The van der Waals surface area contributed by atoms with Crippen LogP contribution < -0.4 is 5.32 Å². The van der Waals surface area contributed by atoms with Crippen LogP contribution in [0.5, 0.6) is 0 Å². The molecule has 1 aliphatic heterocycles. The third-order valence-corrected chi connectivity index (χ3v) is 6.51. The maximum Gasteiger partial charge on any atom is 0.223 e. The van der Waals surface area contributed by atoms with Crippen LogP contribution in [-0.2, 0) is 4.79 Å².